The Kier molecular flexibility index (Phi) is 4.60. The number of nitrogens with zero attached hydrogens (tertiary/aromatic N) is 2. The van der Waals surface area contributed by atoms with Gasteiger partial charge in [0.1, 0.15) is 0 Å². The van der Waals surface area contributed by atoms with Gasteiger partial charge >= 0.3 is 0 Å². The Balaban J connectivity index is 2.18. The molecule has 5 nitrogen and oxygen atoms in total. The summed E-state index contributed by atoms with van der Waals surface area (Å²) in [5, 5.41) is 0. The molecule has 2 unspecified atom stereocenters. The van der Waals surface area contributed by atoms with Gasteiger partial charge in [0.25, 0.3) is 5.91 Å². The van der Waals surface area contributed by atoms with Gasteiger partial charge in [-0.05, 0) is 31.7 Å². The smallest absolute Gasteiger partial charge is 0.257 e. The molecule has 0 bridgehead atoms. The van der Waals surface area contributed by atoms with E-state index in [0.717, 1.165) is 18.5 Å². The molecule has 1 heterocycles. The predicted octanol–water partition coefficient (Wildman–Crippen LogP) is 2.33. The highest BCUT2D eigenvalue weighted by Crippen LogP contribution is 2.28. The fourth-order valence-corrected chi connectivity index (χ4v) is 2.96. The number of nitrogen functional groups attached to an aromatic ring is 1. The van der Waals surface area contributed by atoms with Crippen molar-refractivity contribution < 1.29 is 4.79 Å². The van der Waals surface area contributed by atoms with Crippen LogP contribution < -0.4 is 11.3 Å². The minimum atomic E-state index is -0.00968. The monoisotopic (exact) mass is 276 g/mol. The van der Waals surface area contributed by atoms with Crippen molar-refractivity contribution in [1.82, 2.24) is 9.88 Å². The molecule has 2 rings (SSSR count). The number of amides is 1. The molecule has 1 saturated carbocycles. The first-order valence-corrected chi connectivity index (χ1v) is 7.23. The summed E-state index contributed by atoms with van der Waals surface area (Å²) in [5.74, 6) is 6.19. The lowest BCUT2D eigenvalue weighted by molar-refractivity contribution is 0.0673. The van der Waals surface area contributed by atoms with Crippen molar-refractivity contribution in [2.24, 2.45) is 11.8 Å². The molecule has 1 aliphatic carbocycles. The number of aryl methyl sites for hydroxylation is 1. The van der Waals surface area contributed by atoms with Crippen LogP contribution in [-0.2, 0) is 0 Å². The van der Waals surface area contributed by atoms with Gasteiger partial charge < -0.3 is 10.3 Å². The number of nitrogens with one attached hydrogen (secondary N) is 1. The Morgan fingerprint density at radius 3 is 2.90 bits per heavy atom. The van der Waals surface area contributed by atoms with Gasteiger partial charge in [-0.25, -0.2) is 0 Å². The van der Waals surface area contributed by atoms with Crippen LogP contribution in [0.2, 0.25) is 0 Å². The van der Waals surface area contributed by atoms with Crippen molar-refractivity contribution in [3.05, 3.63) is 23.5 Å². The van der Waals surface area contributed by atoms with Crippen molar-refractivity contribution in [3.63, 3.8) is 0 Å². The maximum Gasteiger partial charge on any atom is 0.257 e. The average molecular weight is 276 g/mol. The van der Waals surface area contributed by atoms with E-state index in [-0.39, 0.29) is 5.91 Å². The number of hydrogen-bond acceptors (Lipinski definition) is 4. The molecule has 1 amide bonds. The molecular weight excluding hydrogens is 252 g/mol. The van der Waals surface area contributed by atoms with Crippen molar-refractivity contribution >= 4 is 11.6 Å². The Morgan fingerprint density at radius 1 is 1.50 bits per heavy atom. The van der Waals surface area contributed by atoms with Crippen LogP contribution in [0.1, 0.15) is 48.7 Å². The third kappa shape index (κ3) is 3.10. The van der Waals surface area contributed by atoms with Crippen molar-refractivity contribution in [2.45, 2.75) is 45.6 Å². The molecule has 0 radical (unpaired) electrons. The molecule has 0 aliphatic heterocycles. The van der Waals surface area contributed by atoms with E-state index in [4.69, 9.17) is 5.84 Å². The molecule has 2 atom stereocenters. The molecule has 1 aliphatic rings. The van der Waals surface area contributed by atoms with Crippen LogP contribution in [-0.4, -0.2) is 28.9 Å². The zero-order valence-electron chi connectivity index (χ0n) is 12.5. The van der Waals surface area contributed by atoms with Crippen molar-refractivity contribution in [2.75, 3.05) is 12.5 Å². The lowest BCUT2D eigenvalue weighted by Gasteiger charge is -2.34. The van der Waals surface area contributed by atoms with E-state index in [9.17, 15) is 4.79 Å². The Morgan fingerprint density at radius 2 is 2.25 bits per heavy atom. The quantitative estimate of drug-likeness (QED) is 0.656. The summed E-state index contributed by atoms with van der Waals surface area (Å²) in [4.78, 5) is 18.7. The number of hydrogen-bond donors (Lipinski definition) is 2. The van der Waals surface area contributed by atoms with E-state index in [1.54, 1.807) is 12.3 Å². The first-order chi connectivity index (χ1) is 9.52. The van der Waals surface area contributed by atoms with Gasteiger partial charge in [0, 0.05) is 25.0 Å². The Hall–Kier alpha value is -1.62. The van der Waals surface area contributed by atoms with Crippen molar-refractivity contribution in [3.8, 4) is 0 Å². The number of anilines is 1. The first kappa shape index (κ1) is 14.8. The molecule has 1 aromatic rings. The Bertz CT molecular complexity index is 489. The average Bonchev–Trinajstić information content (AvgIpc) is 2.45. The minimum Gasteiger partial charge on any atom is -0.339 e. The minimum absolute atomic E-state index is 0.00968. The van der Waals surface area contributed by atoms with Gasteiger partial charge in [0.2, 0.25) is 0 Å². The van der Waals surface area contributed by atoms with Gasteiger partial charge in [0.15, 0.2) is 0 Å². The van der Waals surface area contributed by atoms with Gasteiger partial charge in [-0.1, -0.05) is 19.8 Å². The number of nitrogens with two attached hydrogens (primary N) is 1. The second kappa shape index (κ2) is 6.22. The number of pyridine rings is 1. The second-order valence-electron chi connectivity index (χ2n) is 5.86. The molecule has 0 spiro atoms. The summed E-state index contributed by atoms with van der Waals surface area (Å²) in [5.41, 5.74) is 4.61. The van der Waals surface area contributed by atoms with Gasteiger partial charge in [-0.15, -0.1) is 0 Å². The van der Waals surface area contributed by atoms with E-state index in [1.165, 1.54) is 12.8 Å². The summed E-state index contributed by atoms with van der Waals surface area (Å²) in [6.07, 6.45) is 6.22. The highest BCUT2D eigenvalue weighted by atomic mass is 16.2. The number of aromatic nitrogens is 1. The molecule has 0 saturated heterocycles. The zero-order chi connectivity index (χ0) is 14.7. The molecule has 110 valence electrons. The topological polar surface area (TPSA) is 71.2 Å². The van der Waals surface area contributed by atoms with Crippen LogP contribution in [0.15, 0.2) is 12.3 Å². The first-order valence-electron chi connectivity index (χ1n) is 7.23. The Labute approximate surface area is 120 Å². The second-order valence-corrected chi connectivity index (χ2v) is 5.86. The molecule has 20 heavy (non-hydrogen) atoms. The molecule has 5 heteroatoms. The molecule has 3 N–H and O–H groups in total. The summed E-state index contributed by atoms with van der Waals surface area (Å²) in [7, 11) is 1.88. The van der Waals surface area contributed by atoms with E-state index in [0.29, 0.717) is 23.2 Å². The standard InChI is InChI=1S/C15H24N4O/c1-10-5-4-6-12(7-10)19(3)15(20)13-9-17-11(2)8-14(13)18-16/h8-10,12H,4-7,16H2,1-3H3,(H,17,18). The molecule has 1 aromatic heterocycles. The fourth-order valence-electron chi connectivity index (χ4n) is 2.96. The molecule has 1 fully saturated rings. The van der Waals surface area contributed by atoms with Crippen LogP contribution in [0.4, 0.5) is 5.69 Å². The maximum absolute atomic E-state index is 12.6. The lowest BCUT2D eigenvalue weighted by Crippen LogP contribution is -2.40. The van der Waals surface area contributed by atoms with E-state index < -0.39 is 0 Å². The predicted molar refractivity (Wildman–Crippen MR) is 80.3 cm³/mol. The lowest BCUT2D eigenvalue weighted by atomic mass is 9.86. The molecular formula is C15H24N4O. The fraction of sp³-hybridized carbons (Fsp3) is 0.600. The SMILES string of the molecule is Cc1cc(NN)c(C(=O)N(C)C2CCCC(C)C2)cn1. The third-order valence-corrected chi connectivity index (χ3v) is 4.20. The van der Waals surface area contributed by atoms with Crippen LogP contribution in [0.5, 0.6) is 0 Å². The summed E-state index contributed by atoms with van der Waals surface area (Å²) in [6, 6.07) is 2.11. The highest BCUT2D eigenvalue weighted by Gasteiger charge is 2.27. The van der Waals surface area contributed by atoms with Gasteiger partial charge in [-0.3, -0.25) is 15.6 Å². The number of rotatable bonds is 3. The summed E-state index contributed by atoms with van der Waals surface area (Å²) >= 11 is 0. The van der Waals surface area contributed by atoms with E-state index >= 15 is 0 Å². The number of carbonyl (C=O) groups excluding carboxylic acids is 1. The van der Waals surface area contributed by atoms with E-state index in [1.807, 2.05) is 18.9 Å². The number of hydrazine groups is 1. The molecule has 0 aromatic carbocycles. The van der Waals surface area contributed by atoms with Crippen LogP contribution >= 0.6 is 0 Å². The van der Waals surface area contributed by atoms with Gasteiger partial charge in [0.05, 0.1) is 11.3 Å². The van der Waals surface area contributed by atoms with Gasteiger partial charge in [-0.2, -0.15) is 0 Å². The summed E-state index contributed by atoms with van der Waals surface area (Å²) < 4.78 is 0. The zero-order valence-corrected chi connectivity index (χ0v) is 12.5. The third-order valence-electron chi connectivity index (χ3n) is 4.20. The summed E-state index contributed by atoms with van der Waals surface area (Å²) in [6.45, 7) is 4.13. The van der Waals surface area contributed by atoms with Crippen LogP contribution in [0.3, 0.4) is 0 Å². The number of carbonyl (C=O) groups is 1. The van der Waals surface area contributed by atoms with Crippen molar-refractivity contribution in [1.29, 1.82) is 0 Å². The van der Waals surface area contributed by atoms with Crippen LogP contribution in [0, 0.1) is 12.8 Å². The maximum atomic E-state index is 12.6. The van der Waals surface area contributed by atoms with Crippen LogP contribution in [0.25, 0.3) is 0 Å². The largest absolute Gasteiger partial charge is 0.339 e. The normalized spacial score (nSPS) is 22.4. The van der Waals surface area contributed by atoms with E-state index in [2.05, 4.69) is 17.3 Å². The highest BCUT2D eigenvalue weighted by molar-refractivity contribution is 5.99.